The van der Waals surface area contributed by atoms with Gasteiger partial charge in [0, 0.05) is 29.5 Å². The summed E-state index contributed by atoms with van der Waals surface area (Å²) in [6.45, 7) is 10.1. The van der Waals surface area contributed by atoms with Crippen LogP contribution < -0.4 is 0 Å². The zero-order chi connectivity index (χ0) is 17.7. The number of nitrogens with zero attached hydrogens (tertiary/aromatic N) is 3. The zero-order valence-corrected chi connectivity index (χ0v) is 15.8. The minimum atomic E-state index is -0.0178. The van der Waals surface area contributed by atoms with E-state index in [4.69, 9.17) is 5.11 Å². The third-order valence-corrected chi connectivity index (χ3v) is 4.91. The highest BCUT2D eigenvalue weighted by molar-refractivity contribution is 7.11. The molecular weight excluding hydrogens is 322 g/mol. The van der Waals surface area contributed by atoms with Crippen molar-refractivity contribution in [3.05, 3.63) is 39.3 Å². The van der Waals surface area contributed by atoms with Crippen molar-refractivity contribution in [1.29, 1.82) is 0 Å². The number of aryl methyl sites for hydroxylation is 2. The molecule has 0 aliphatic heterocycles. The third kappa shape index (κ3) is 4.45. The molecule has 5 nitrogen and oxygen atoms in total. The normalized spacial score (nSPS) is 11.2. The fourth-order valence-electron chi connectivity index (χ4n) is 2.57. The van der Waals surface area contributed by atoms with E-state index in [1.165, 1.54) is 4.88 Å². The molecule has 2 aromatic rings. The Kier molecular flexibility index (Phi) is 6.57. The Balaban J connectivity index is 2.26. The molecule has 6 heteroatoms. The lowest BCUT2D eigenvalue weighted by molar-refractivity contribution is 0.0721. The van der Waals surface area contributed by atoms with Crippen LogP contribution in [0.2, 0.25) is 0 Å². The van der Waals surface area contributed by atoms with E-state index in [1.807, 2.05) is 17.9 Å². The van der Waals surface area contributed by atoms with Gasteiger partial charge in [0.2, 0.25) is 0 Å². The number of aromatic nitrogens is 2. The maximum Gasteiger partial charge on any atom is 0.272 e. The van der Waals surface area contributed by atoms with E-state index in [0.717, 1.165) is 10.6 Å². The number of carbonyl (C=O) groups is 1. The number of hydrogen-bond donors (Lipinski definition) is 1. The average molecular weight is 350 g/mol. The molecule has 2 heterocycles. The Morgan fingerprint density at radius 3 is 2.71 bits per heavy atom. The van der Waals surface area contributed by atoms with Gasteiger partial charge in [0.15, 0.2) is 0 Å². The molecule has 0 saturated heterocycles. The monoisotopic (exact) mass is 349 g/mol. The standard InChI is InChI=1S/C18H27N3O2S/c1-5-21-17(11-16(19-21)13(2)3)18(23)20(9-6-10-22)12-15-8-7-14(4)24-15/h7-8,11,13,22H,5-6,9-10,12H2,1-4H3. The molecule has 2 rings (SSSR count). The molecule has 0 spiro atoms. The summed E-state index contributed by atoms with van der Waals surface area (Å²) in [5, 5.41) is 13.7. The third-order valence-electron chi connectivity index (χ3n) is 3.93. The molecule has 2 aromatic heterocycles. The van der Waals surface area contributed by atoms with Crippen LogP contribution in [0.25, 0.3) is 0 Å². The Labute approximate surface area is 147 Å². The van der Waals surface area contributed by atoms with E-state index in [9.17, 15) is 4.79 Å². The molecule has 0 atom stereocenters. The molecule has 0 radical (unpaired) electrons. The van der Waals surface area contributed by atoms with Gasteiger partial charge in [-0.1, -0.05) is 13.8 Å². The van der Waals surface area contributed by atoms with Crippen LogP contribution in [-0.2, 0) is 13.1 Å². The van der Waals surface area contributed by atoms with Crippen molar-refractivity contribution in [2.45, 2.75) is 53.1 Å². The number of thiophene rings is 1. The quantitative estimate of drug-likeness (QED) is 0.794. The van der Waals surface area contributed by atoms with Crippen molar-refractivity contribution >= 4 is 17.2 Å². The van der Waals surface area contributed by atoms with Gasteiger partial charge in [-0.05, 0) is 44.4 Å². The summed E-state index contributed by atoms with van der Waals surface area (Å²) in [6, 6.07) is 6.04. The van der Waals surface area contributed by atoms with Crippen LogP contribution in [0.1, 0.15) is 59.0 Å². The maximum atomic E-state index is 13.1. The van der Waals surface area contributed by atoms with E-state index < -0.39 is 0 Å². The maximum absolute atomic E-state index is 13.1. The predicted molar refractivity (Wildman–Crippen MR) is 97.5 cm³/mol. The lowest BCUT2D eigenvalue weighted by Crippen LogP contribution is -2.33. The first-order valence-corrected chi connectivity index (χ1v) is 9.31. The molecule has 0 bridgehead atoms. The first kappa shape index (κ1) is 18.7. The lowest BCUT2D eigenvalue weighted by Gasteiger charge is -2.22. The first-order valence-electron chi connectivity index (χ1n) is 8.49. The van der Waals surface area contributed by atoms with Crippen LogP contribution >= 0.6 is 11.3 Å². The second-order valence-electron chi connectivity index (χ2n) is 6.24. The summed E-state index contributed by atoms with van der Waals surface area (Å²) >= 11 is 1.70. The molecule has 0 fully saturated rings. The fraction of sp³-hybridized carbons (Fsp3) is 0.556. The second kappa shape index (κ2) is 8.44. The van der Waals surface area contributed by atoms with Crippen LogP contribution in [0, 0.1) is 6.92 Å². The molecular formula is C18H27N3O2S. The van der Waals surface area contributed by atoms with E-state index >= 15 is 0 Å². The molecule has 0 saturated carbocycles. The minimum Gasteiger partial charge on any atom is -0.396 e. The number of aliphatic hydroxyl groups excluding tert-OH is 1. The van der Waals surface area contributed by atoms with Gasteiger partial charge in [-0.2, -0.15) is 5.10 Å². The highest BCUT2D eigenvalue weighted by Gasteiger charge is 2.22. The summed E-state index contributed by atoms with van der Waals surface area (Å²) in [5.74, 6) is 0.269. The van der Waals surface area contributed by atoms with Gasteiger partial charge >= 0.3 is 0 Å². The van der Waals surface area contributed by atoms with Crippen molar-refractivity contribution < 1.29 is 9.90 Å². The van der Waals surface area contributed by atoms with E-state index in [-0.39, 0.29) is 18.4 Å². The number of hydrogen-bond acceptors (Lipinski definition) is 4. The van der Waals surface area contributed by atoms with Gasteiger partial charge in [0.25, 0.3) is 5.91 Å². The van der Waals surface area contributed by atoms with Gasteiger partial charge < -0.3 is 10.0 Å². The van der Waals surface area contributed by atoms with Crippen LogP contribution in [0.3, 0.4) is 0 Å². The molecule has 0 unspecified atom stereocenters. The van der Waals surface area contributed by atoms with Crippen molar-refractivity contribution in [1.82, 2.24) is 14.7 Å². The molecule has 0 aliphatic rings. The smallest absolute Gasteiger partial charge is 0.272 e. The average Bonchev–Trinajstić information content (AvgIpc) is 3.16. The lowest BCUT2D eigenvalue weighted by atomic mass is 10.1. The molecule has 0 aliphatic carbocycles. The fourth-order valence-corrected chi connectivity index (χ4v) is 3.47. The van der Waals surface area contributed by atoms with Crippen LogP contribution in [-0.4, -0.2) is 38.8 Å². The molecule has 0 aromatic carbocycles. The summed E-state index contributed by atoms with van der Waals surface area (Å²) in [6.07, 6.45) is 0.577. The van der Waals surface area contributed by atoms with Gasteiger partial charge in [0.05, 0.1) is 12.2 Å². The zero-order valence-electron chi connectivity index (χ0n) is 15.0. The summed E-state index contributed by atoms with van der Waals surface area (Å²) < 4.78 is 1.78. The van der Waals surface area contributed by atoms with Gasteiger partial charge in [-0.15, -0.1) is 11.3 Å². The Morgan fingerprint density at radius 1 is 1.42 bits per heavy atom. The van der Waals surface area contributed by atoms with Crippen LogP contribution in [0.4, 0.5) is 0 Å². The predicted octanol–water partition coefficient (Wildman–Crippen LogP) is 3.42. The minimum absolute atomic E-state index is 0.0178. The summed E-state index contributed by atoms with van der Waals surface area (Å²) in [4.78, 5) is 17.3. The Bertz CT molecular complexity index is 676. The number of aliphatic hydroxyl groups is 1. The molecule has 1 amide bonds. The number of amides is 1. The van der Waals surface area contributed by atoms with Crippen molar-refractivity contribution in [3.8, 4) is 0 Å². The topological polar surface area (TPSA) is 58.4 Å². The number of rotatable bonds is 8. The van der Waals surface area contributed by atoms with Crippen molar-refractivity contribution in [3.63, 3.8) is 0 Å². The Morgan fingerprint density at radius 2 is 2.17 bits per heavy atom. The summed E-state index contributed by atoms with van der Waals surface area (Å²) in [7, 11) is 0. The summed E-state index contributed by atoms with van der Waals surface area (Å²) in [5.41, 5.74) is 1.57. The largest absolute Gasteiger partial charge is 0.396 e. The van der Waals surface area contributed by atoms with Gasteiger partial charge in [0.1, 0.15) is 5.69 Å². The van der Waals surface area contributed by atoms with Gasteiger partial charge in [-0.25, -0.2) is 0 Å². The highest BCUT2D eigenvalue weighted by atomic mass is 32.1. The molecule has 1 N–H and O–H groups in total. The first-order chi connectivity index (χ1) is 11.5. The second-order valence-corrected chi connectivity index (χ2v) is 7.61. The van der Waals surface area contributed by atoms with E-state index in [2.05, 4.69) is 38.0 Å². The SMILES string of the molecule is CCn1nc(C(C)C)cc1C(=O)N(CCCO)Cc1ccc(C)s1. The van der Waals surface area contributed by atoms with Crippen molar-refractivity contribution in [2.24, 2.45) is 0 Å². The Hall–Kier alpha value is -1.66. The van der Waals surface area contributed by atoms with Crippen LogP contribution in [0.15, 0.2) is 18.2 Å². The number of carbonyl (C=O) groups excluding carboxylic acids is 1. The van der Waals surface area contributed by atoms with Crippen LogP contribution in [0.5, 0.6) is 0 Å². The van der Waals surface area contributed by atoms with Crippen molar-refractivity contribution in [2.75, 3.05) is 13.2 Å². The molecule has 24 heavy (non-hydrogen) atoms. The van der Waals surface area contributed by atoms with Gasteiger partial charge in [-0.3, -0.25) is 9.48 Å². The van der Waals surface area contributed by atoms with E-state index in [1.54, 1.807) is 16.0 Å². The van der Waals surface area contributed by atoms with E-state index in [0.29, 0.717) is 31.7 Å². The molecule has 132 valence electrons. The highest BCUT2D eigenvalue weighted by Crippen LogP contribution is 2.20.